The van der Waals surface area contributed by atoms with Gasteiger partial charge in [0.15, 0.2) is 0 Å². The summed E-state index contributed by atoms with van der Waals surface area (Å²) < 4.78 is 0. The first-order valence-corrected chi connectivity index (χ1v) is 8.59. The Morgan fingerprint density at radius 2 is 2.05 bits per heavy atom. The molecule has 3 heteroatoms. The Balaban J connectivity index is 1.83. The molecule has 2 aliphatic rings. The van der Waals surface area contributed by atoms with Crippen LogP contribution in [0.15, 0.2) is 0 Å². The maximum atomic E-state index is 9.66. The van der Waals surface area contributed by atoms with Gasteiger partial charge in [0.2, 0.25) is 0 Å². The zero-order valence-corrected chi connectivity index (χ0v) is 13.3. The largest absolute Gasteiger partial charge is 0.303 e. The van der Waals surface area contributed by atoms with E-state index in [-0.39, 0.29) is 5.54 Å². The number of rotatable bonds is 6. The molecule has 2 atom stereocenters. The number of hydrogen-bond donors (Lipinski definition) is 1. The number of piperidine rings is 1. The van der Waals surface area contributed by atoms with Gasteiger partial charge in [0, 0.05) is 0 Å². The molecule has 1 saturated carbocycles. The Morgan fingerprint density at radius 3 is 2.70 bits per heavy atom. The van der Waals surface area contributed by atoms with Crippen molar-refractivity contribution in [2.24, 2.45) is 11.8 Å². The third-order valence-electron chi connectivity index (χ3n) is 5.38. The van der Waals surface area contributed by atoms with E-state index in [0.29, 0.717) is 5.92 Å². The highest BCUT2D eigenvalue weighted by molar-refractivity contribution is 5.14. The second kappa shape index (κ2) is 7.43. The molecule has 114 valence electrons. The van der Waals surface area contributed by atoms with Crippen LogP contribution < -0.4 is 5.32 Å². The lowest BCUT2D eigenvalue weighted by molar-refractivity contribution is 0.170. The topological polar surface area (TPSA) is 39.1 Å². The number of hydrogen-bond acceptors (Lipinski definition) is 3. The van der Waals surface area contributed by atoms with Gasteiger partial charge >= 0.3 is 0 Å². The maximum Gasteiger partial charge on any atom is 0.109 e. The molecule has 0 aromatic rings. The van der Waals surface area contributed by atoms with Crippen molar-refractivity contribution in [1.82, 2.24) is 10.2 Å². The summed E-state index contributed by atoms with van der Waals surface area (Å²) in [5, 5.41) is 13.2. The summed E-state index contributed by atoms with van der Waals surface area (Å²) in [5.74, 6) is 1.46. The van der Waals surface area contributed by atoms with Crippen LogP contribution in [0.4, 0.5) is 0 Å². The minimum atomic E-state index is -0.223. The summed E-state index contributed by atoms with van der Waals surface area (Å²) in [4.78, 5) is 2.61. The van der Waals surface area contributed by atoms with Crippen LogP contribution in [-0.2, 0) is 0 Å². The van der Waals surface area contributed by atoms with E-state index in [0.717, 1.165) is 25.3 Å². The summed E-state index contributed by atoms with van der Waals surface area (Å²) >= 11 is 0. The van der Waals surface area contributed by atoms with Gasteiger partial charge in [-0.2, -0.15) is 5.26 Å². The number of likely N-dealkylation sites (tertiary alicyclic amines) is 1. The molecule has 20 heavy (non-hydrogen) atoms. The van der Waals surface area contributed by atoms with Gasteiger partial charge in [-0.1, -0.05) is 20.3 Å². The van der Waals surface area contributed by atoms with Crippen molar-refractivity contribution < 1.29 is 0 Å². The normalized spacial score (nSPS) is 32.4. The van der Waals surface area contributed by atoms with E-state index in [1.165, 1.54) is 51.7 Å². The summed E-state index contributed by atoms with van der Waals surface area (Å²) in [7, 11) is 0. The first kappa shape index (κ1) is 15.8. The number of nitrogens with one attached hydrogen (secondary N) is 1. The van der Waals surface area contributed by atoms with Crippen LogP contribution in [0.3, 0.4) is 0 Å². The predicted molar refractivity (Wildman–Crippen MR) is 83.4 cm³/mol. The fourth-order valence-corrected chi connectivity index (χ4v) is 3.86. The van der Waals surface area contributed by atoms with Crippen molar-refractivity contribution in [1.29, 1.82) is 5.26 Å². The second-order valence-electron chi connectivity index (χ2n) is 6.91. The molecular formula is C17H31N3. The molecule has 2 fully saturated rings. The van der Waals surface area contributed by atoms with Crippen LogP contribution in [0.5, 0.6) is 0 Å². The highest BCUT2D eigenvalue weighted by Gasteiger charge is 2.42. The molecule has 1 aliphatic carbocycles. The van der Waals surface area contributed by atoms with E-state index in [9.17, 15) is 5.26 Å². The molecule has 3 nitrogen and oxygen atoms in total. The molecule has 0 radical (unpaired) electrons. The third-order valence-corrected chi connectivity index (χ3v) is 5.38. The second-order valence-corrected chi connectivity index (χ2v) is 6.91. The Bertz CT molecular complexity index is 328. The molecule has 1 aliphatic heterocycles. The van der Waals surface area contributed by atoms with Gasteiger partial charge in [-0.05, 0) is 76.5 Å². The Kier molecular flexibility index (Phi) is 5.86. The van der Waals surface area contributed by atoms with E-state index in [2.05, 4.69) is 30.1 Å². The van der Waals surface area contributed by atoms with Gasteiger partial charge < -0.3 is 4.90 Å². The van der Waals surface area contributed by atoms with E-state index in [4.69, 9.17) is 0 Å². The van der Waals surface area contributed by atoms with Gasteiger partial charge in [0.25, 0.3) is 0 Å². The molecule has 0 aromatic heterocycles. The zero-order valence-electron chi connectivity index (χ0n) is 13.3. The Morgan fingerprint density at radius 1 is 1.30 bits per heavy atom. The molecule has 2 rings (SSSR count). The lowest BCUT2D eigenvalue weighted by Crippen LogP contribution is -2.48. The first-order chi connectivity index (χ1) is 9.70. The maximum absolute atomic E-state index is 9.66. The Hall–Kier alpha value is -0.590. The predicted octanol–water partition coefficient (Wildman–Crippen LogP) is 3.17. The fraction of sp³-hybridized carbons (Fsp3) is 0.941. The van der Waals surface area contributed by atoms with Crippen LogP contribution in [0.1, 0.15) is 58.8 Å². The van der Waals surface area contributed by atoms with Crippen LogP contribution in [0.25, 0.3) is 0 Å². The number of nitrogens with zero attached hydrogens (tertiary/aromatic N) is 2. The van der Waals surface area contributed by atoms with Crippen LogP contribution in [0, 0.1) is 23.2 Å². The molecule has 1 saturated heterocycles. The van der Waals surface area contributed by atoms with Crippen LogP contribution >= 0.6 is 0 Å². The first-order valence-electron chi connectivity index (χ1n) is 8.59. The molecule has 0 bridgehead atoms. The standard InChI is InChI=1S/C17H31N3/c1-3-10-19-17(14-18)9-4-5-16(17)8-13-20-11-6-15(2)7-12-20/h15-16,19H,3-13H2,1-2H3. The summed E-state index contributed by atoms with van der Waals surface area (Å²) in [6, 6.07) is 2.63. The third kappa shape index (κ3) is 3.74. The average molecular weight is 277 g/mol. The molecule has 1 N–H and O–H groups in total. The summed E-state index contributed by atoms with van der Waals surface area (Å²) in [6.07, 6.45) is 8.49. The molecule has 0 amide bonds. The summed E-state index contributed by atoms with van der Waals surface area (Å²) in [5.41, 5.74) is -0.223. The lowest BCUT2D eigenvalue weighted by atomic mass is 9.85. The fourth-order valence-electron chi connectivity index (χ4n) is 3.86. The molecular weight excluding hydrogens is 246 g/mol. The highest BCUT2D eigenvalue weighted by atomic mass is 15.1. The minimum absolute atomic E-state index is 0.223. The molecule has 0 spiro atoms. The van der Waals surface area contributed by atoms with Gasteiger partial charge in [-0.15, -0.1) is 0 Å². The van der Waals surface area contributed by atoms with Gasteiger partial charge in [-0.25, -0.2) is 0 Å². The highest BCUT2D eigenvalue weighted by Crippen LogP contribution is 2.37. The van der Waals surface area contributed by atoms with Crippen molar-refractivity contribution in [2.45, 2.75) is 64.3 Å². The molecule has 0 aromatic carbocycles. The van der Waals surface area contributed by atoms with E-state index < -0.39 is 0 Å². The van der Waals surface area contributed by atoms with Gasteiger partial charge in [-0.3, -0.25) is 5.32 Å². The minimum Gasteiger partial charge on any atom is -0.303 e. The monoisotopic (exact) mass is 277 g/mol. The van der Waals surface area contributed by atoms with Crippen molar-refractivity contribution in [3.05, 3.63) is 0 Å². The van der Waals surface area contributed by atoms with Crippen molar-refractivity contribution in [3.63, 3.8) is 0 Å². The van der Waals surface area contributed by atoms with Gasteiger partial charge in [0.05, 0.1) is 6.07 Å². The molecule has 1 heterocycles. The smallest absolute Gasteiger partial charge is 0.109 e. The van der Waals surface area contributed by atoms with Crippen molar-refractivity contribution in [3.8, 4) is 6.07 Å². The number of nitriles is 1. The quantitative estimate of drug-likeness (QED) is 0.810. The molecule has 2 unspecified atom stereocenters. The van der Waals surface area contributed by atoms with Crippen LogP contribution in [0.2, 0.25) is 0 Å². The van der Waals surface area contributed by atoms with E-state index in [1.807, 2.05) is 0 Å². The van der Waals surface area contributed by atoms with Gasteiger partial charge in [0.1, 0.15) is 5.54 Å². The van der Waals surface area contributed by atoms with Crippen molar-refractivity contribution >= 4 is 0 Å². The lowest BCUT2D eigenvalue weighted by Gasteiger charge is -2.34. The SMILES string of the molecule is CCCNC1(C#N)CCCC1CCN1CCC(C)CC1. The van der Waals surface area contributed by atoms with Crippen LogP contribution in [-0.4, -0.2) is 36.6 Å². The zero-order chi connectivity index (χ0) is 14.4. The van der Waals surface area contributed by atoms with Crippen molar-refractivity contribution in [2.75, 3.05) is 26.2 Å². The average Bonchev–Trinajstić information content (AvgIpc) is 2.88. The van der Waals surface area contributed by atoms with E-state index in [1.54, 1.807) is 0 Å². The summed E-state index contributed by atoms with van der Waals surface area (Å²) in [6.45, 7) is 9.23. The Labute approximate surface area is 124 Å². The van der Waals surface area contributed by atoms with E-state index >= 15 is 0 Å².